The number of aromatic nitrogens is 1. The first kappa shape index (κ1) is 13.2. The number of benzene rings is 1. The molecule has 3 rings (SSSR count). The number of nitrogens with one attached hydrogen (secondary N) is 1. The van der Waals surface area contributed by atoms with Crippen molar-refractivity contribution in [3.8, 4) is 0 Å². The maximum Gasteiger partial charge on any atom is 0.0743 e. The van der Waals surface area contributed by atoms with Crippen LogP contribution in [-0.4, -0.2) is 23.2 Å². The monoisotopic (exact) mass is 271 g/mol. The van der Waals surface area contributed by atoms with Gasteiger partial charge in [0.2, 0.25) is 0 Å². The first-order valence-electron chi connectivity index (χ1n) is 7.21. The lowest BCUT2D eigenvalue weighted by atomic mass is 9.87. The number of hydrogen-bond acceptors (Lipinski definition) is 4. The van der Waals surface area contributed by atoms with Gasteiger partial charge in [0.05, 0.1) is 12.1 Å². The van der Waals surface area contributed by atoms with Gasteiger partial charge in [0.15, 0.2) is 0 Å². The second kappa shape index (κ2) is 5.29. The Morgan fingerprint density at radius 1 is 1.25 bits per heavy atom. The van der Waals surface area contributed by atoms with Gasteiger partial charge in [-0.1, -0.05) is 12.8 Å². The van der Waals surface area contributed by atoms with Gasteiger partial charge in [-0.15, -0.1) is 0 Å². The smallest absolute Gasteiger partial charge is 0.0743 e. The summed E-state index contributed by atoms with van der Waals surface area (Å²) in [7, 11) is 0. The summed E-state index contributed by atoms with van der Waals surface area (Å²) in [4.78, 5) is 4.35. The third-order valence-corrected chi connectivity index (χ3v) is 4.42. The lowest BCUT2D eigenvalue weighted by Gasteiger charge is -2.27. The number of aliphatic hydroxyl groups is 1. The number of nitrogens with zero attached hydrogens (tertiary/aromatic N) is 1. The maximum atomic E-state index is 9.68. The number of fused-ring (bicyclic) bond motifs is 1. The van der Waals surface area contributed by atoms with Crippen molar-refractivity contribution in [3.63, 3.8) is 0 Å². The average Bonchev–Trinajstić information content (AvgIpc) is 2.94. The van der Waals surface area contributed by atoms with E-state index >= 15 is 0 Å². The minimum absolute atomic E-state index is 0.0450. The zero-order valence-corrected chi connectivity index (χ0v) is 11.6. The lowest BCUT2D eigenvalue weighted by Crippen LogP contribution is -2.30. The third kappa shape index (κ3) is 2.43. The molecule has 4 N–H and O–H groups in total. The summed E-state index contributed by atoms with van der Waals surface area (Å²) < 4.78 is 0. The minimum atomic E-state index is 0.0450. The molecule has 4 heteroatoms. The van der Waals surface area contributed by atoms with Crippen LogP contribution in [-0.2, 0) is 0 Å². The largest absolute Gasteiger partial charge is 0.399 e. The van der Waals surface area contributed by atoms with Crippen LogP contribution in [0, 0.1) is 5.41 Å². The molecular weight excluding hydrogens is 250 g/mol. The van der Waals surface area contributed by atoms with E-state index in [1.54, 1.807) is 6.20 Å². The summed E-state index contributed by atoms with van der Waals surface area (Å²) >= 11 is 0. The van der Waals surface area contributed by atoms with E-state index in [9.17, 15) is 5.11 Å². The zero-order chi connectivity index (χ0) is 14.0. The molecule has 1 aliphatic carbocycles. The van der Waals surface area contributed by atoms with Crippen molar-refractivity contribution >= 4 is 22.3 Å². The number of hydrogen-bond donors (Lipinski definition) is 3. The highest BCUT2D eigenvalue weighted by molar-refractivity contribution is 5.92. The highest BCUT2D eigenvalue weighted by Gasteiger charge is 2.32. The van der Waals surface area contributed by atoms with E-state index < -0.39 is 0 Å². The van der Waals surface area contributed by atoms with E-state index in [2.05, 4.69) is 10.3 Å². The normalized spacial score (nSPS) is 17.4. The van der Waals surface area contributed by atoms with Gasteiger partial charge in [-0.05, 0) is 37.1 Å². The van der Waals surface area contributed by atoms with Crippen molar-refractivity contribution in [2.45, 2.75) is 25.7 Å². The van der Waals surface area contributed by atoms with Gasteiger partial charge in [-0.2, -0.15) is 0 Å². The molecule has 20 heavy (non-hydrogen) atoms. The molecule has 0 aliphatic heterocycles. The predicted molar refractivity (Wildman–Crippen MR) is 82.6 cm³/mol. The van der Waals surface area contributed by atoms with Gasteiger partial charge in [0.25, 0.3) is 0 Å². The maximum absolute atomic E-state index is 9.68. The van der Waals surface area contributed by atoms with Gasteiger partial charge < -0.3 is 16.2 Å². The molecule has 0 bridgehead atoms. The summed E-state index contributed by atoms with van der Waals surface area (Å²) in [6.07, 6.45) is 6.44. The van der Waals surface area contributed by atoms with Gasteiger partial charge in [-0.25, -0.2) is 0 Å². The number of rotatable bonds is 4. The standard InChI is InChI=1S/C16H21N3O/c17-12-3-4-13-14(5-8-18-15(13)9-12)19-10-16(11-20)6-1-2-7-16/h3-5,8-9,20H,1-2,6-7,10-11,17H2,(H,18,19). The van der Waals surface area contributed by atoms with Crippen molar-refractivity contribution in [2.24, 2.45) is 5.41 Å². The van der Waals surface area contributed by atoms with Crippen LogP contribution in [0.25, 0.3) is 10.9 Å². The third-order valence-electron chi connectivity index (χ3n) is 4.42. The summed E-state index contributed by atoms with van der Waals surface area (Å²) in [5.41, 5.74) is 8.54. The van der Waals surface area contributed by atoms with Crippen LogP contribution in [0.2, 0.25) is 0 Å². The summed E-state index contributed by atoms with van der Waals surface area (Å²) in [5, 5.41) is 14.3. The van der Waals surface area contributed by atoms with E-state index in [1.807, 2.05) is 24.3 Å². The van der Waals surface area contributed by atoms with Crippen molar-refractivity contribution in [2.75, 3.05) is 24.2 Å². The molecule has 106 valence electrons. The Bertz CT molecular complexity index is 606. The SMILES string of the molecule is Nc1ccc2c(NCC3(CO)CCCC3)ccnc2c1. The number of pyridine rings is 1. The van der Waals surface area contributed by atoms with E-state index in [0.29, 0.717) is 0 Å². The highest BCUT2D eigenvalue weighted by Crippen LogP contribution is 2.38. The van der Waals surface area contributed by atoms with Crippen molar-refractivity contribution < 1.29 is 5.11 Å². The molecule has 1 fully saturated rings. The Kier molecular flexibility index (Phi) is 3.49. The Morgan fingerprint density at radius 2 is 2.05 bits per heavy atom. The number of nitrogen functional groups attached to an aromatic ring is 1. The van der Waals surface area contributed by atoms with E-state index in [-0.39, 0.29) is 12.0 Å². The molecule has 2 aromatic rings. The number of anilines is 2. The van der Waals surface area contributed by atoms with Crippen molar-refractivity contribution in [1.29, 1.82) is 0 Å². The Morgan fingerprint density at radius 3 is 2.80 bits per heavy atom. The second-order valence-electron chi connectivity index (χ2n) is 5.85. The Labute approximate surface area is 119 Å². The second-order valence-corrected chi connectivity index (χ2v) is 5.85. The van der Waals surface area contributed by atoms with E-state index in [4.69, 9.17) is 5.73 Å². The van der Waals surface area contributed by atoms with Gasteiger partial charge in [-0.3, -0.25) is 4.98 Å². The Hall–Kier alpha value is -1.81. The highest BCUT2D eigenvalue weighted by atomic mass is 16.3. The van der Waals surface area contributed by atoms with Crippen LogP contribution in [0.15, 0.2) is 30.5 Å². The first-order valence-corrected chi connectivity index (χ1v) is 7.21. The molecule has 1 aliphatic rings. The summed E-state index contributed by atoms with van der Waals surface area (Å²) in [6.45, 7) is 1.07. The Balaban J connectivity index is 1.84. The molecule has 0 saturated heterocycles. The minimum Gasteiger partial charge on any atom is -0.399 e. The quantitative estimate of drug-likeness (QED) is 0.748. The molecule has 1 heterocycles. The molecular formula is C16H21N3O. The first-order chi connectivity index (χ1) is 9.72. The molecule has 0 amide bonds. The van der Waals surface area contributed by atoms with E-state index in [1.165, 1.54) is 12.8 Å². The van der Waals surface area contributed by atoms with E-state index in [0.717, 1.165) is 41.7 Å². The number of aliphatic hydroxyl groups excluding tert-OH is 1. The summed E-state index contributed by atoms with van der Waals surface area (Å²) in [5.74, 6) is 0. The van der Waals surface area contributed by atoms with Crippen molar-refractivity contribution in [1.82, 2.24) is 4.98 Å². The molecule has 4 nitrogen and oxygen atoms in total. The zero-order valence-electron chi connectivity index (χ0n) is 11.6. The molecule has 0 atom stereocenters. The fourth-order valence-electron chi connectivity index (χ4n) is 3.12. The van der Waals surface area contributed by atoms with Gasteiger partial charge in [0.1, 0.15) is 0 Å². The molecule has 0 spiro atoms. The fourth-order valence-corrected chi connectivity index (χ4v) is 3.12. The van der Waals surface area contributed by atoms with Crippen molar-refractivity contribution in [3.05, 3.63) is 30.5 Å². The van der Waals surface area contributed by atoms with Crippen LogP contribution in [0.5, 0.6) is 0 Å². The van der Waals surface area contributed by atoms with Crippen LogP contribution in [0.1, 0.15) is 25.7 Å². The molecule has 1 aromatic carbocycles. The van der Waals surface area contributed by atoms with Gasteiger partial charge >= 0.3 is 0 Å². The van der Waals surface area contributed by atoms with Gasteiger partial charge in [0, 0.05) is 34.9 Å². The number of nitrogens with two attached hydrogens (primary N) is 1. The average molecular weight is 271 g/mol. The van der Waals surface area contributed by atoms with Crippen LogP contribution in [0.4, 0.5) is 11.4 Å². The topological polar surface area (TPSA) is 71.2 Å². The predicted octanol–water partition coefficient (Wildman–Crippen LogP) is 2.78. The fraction of sp³-hybridized carbons (Fsp3) is 0.438. The lowest BCUT2D eigenvalue weighted by molar-refractivity contribution is 0.142. The molecule has 1 aromatic heterocycles. The molecule has 0 unspecified atom stereocenters. The molecule has 0 radical (unpaired) electrons. The van der Waals surface area contributed by atoms with Crippen LogP contribution in [0.3, 0.4) is 0 Å². The van der Waals surface area contributed by atoms with Crippen LogP contribution < -0.4 is 11.1 Å². The van der Waals surface area contributed by atoms with Crippen LogP contribution >= 0.6 is 0 Å². The summed E-state index contributed by atoms with van der Waals surface area (Å²) in [6, 6.07) is 7.77. The molecule has 1 saturated carbocycles.